The molecule has 2 aromatic heterocycles. The number of fused-ring (bicyclic) bond motifs is 1. The first-order valence-electron chi connectivity index (χ1n) is 14.1. The van der Waals surface area contributed by atoms with Gasteiger partial charge in [0.15, 0.2) is 0 Å². The number of pyridine rings is 1. The number of nitrogens with one attached hydrogen (secondary N) is 2. The minimum Gasteiger partial charge on any atom is -0.495 e. The molecule has 0 spiro atoms. The molecular weight excluding hydrogens is 631 g/mol. The lowest BCUT2D eigenvalue weighted by Gasteiger charge is -2.37. The largest absolute Gasteiger partial charge is 0.495 e. The van der Waals surface area contributed by atoms with Crippen molar-refractivity contribution in [1.29, 1.82) is 0 Å². The summed E-state index contributed by atoms with van der Waals surface area (Å²) >= 11 is 13.5. The fourth-order valence-electron chi connectivity index (χ4n) is 4.75. The molecule has 0 saturated heterocycles. The summed E-state index contributed by atoms with van der Waals surface area (Å²) in [7, 11) is 6.77. The van der Waals surface area contributed by atoms with Crippen LogP contribution in [-0.4, -0.2) is 66.6 Å². The zero-order valence-electron chi connectivity index (χ0n) is 25.6. The monoisotopic (exact) mass is 662 g/mol. The third kappa shape index (κ3) is 7.31. The predicted octanol–water partition coefficient (Wildman–Crippen LogP) is 6.14. The van der Waals surface area contributed by atoms with E-state index in [1.54, 1.807) is 61.1 Å². The topological polar surface area (TPSA) is 125 Å². The summed E-state index contributed by atoms with van der Waals surface area (Å²) in [5.74, 6) is 1.01. The Morgan fingerprint density at radius 2 is 1.76 bits per heavy atom. The zero-order chi connectivity index (χ0) is 32.8. The highest BCUT2D eigenvalue weighted by Gasteiger charge is 2.37. The quantitative estimate of drug-likeness (QED) is 0.182. The number of nitrogens with zero attached hydrogens (tertiary/aromatic N) is 6. The van der Waals surface area contributed by atoms with Crippen LogP contribution >= 0.6 is 23.2 Å². The van der Waals surface area contributed by atoms with Gasteiger partial charge in [0.2, 0.25) is 11.9 Å². The molecule has 0 aliphatic carbocycles. The Bertz CT molecular complexity index is 1740. The van der Waals surface area contributed by atoms with Gasteiger partial charge in [0, 0.05) is 54.2 Å². The van der Waals surface area contributed by atoms with E-state index in [2.05, 4.69) is 20.6 Å². The van der Waals surface area contributed by atoms with Crippen molar-refractivity contribution in [2.24, 2.45) is 0 Å². The van der Waals surface area contributed by atoms with E-state index in [1.807, 2.05) is 25.1 Å². The van der Waals surface area contributed by atoms with Gasteiger partial charge in [-0.05, 0) is 43.9 Å². The van der Waals surface area contributed by atoms with E-state index < -0.39 is 6.03 Å². The molecule has 238 valence electrons. The molecule has 1 aliphatic rings. The van der Waals surface area contributed by atoms with Gasteiger partial charge in [-0.2, -0.15) is 4.98 Å². The van der Waals surface area contributed by atoms with Gasteiger partial charge in [0.1, 0.15) is 27.4 Å². The molecule has 3 amide bonds. The standard InChI is InChI=1S/C32H32Cl2N8O4/c1-40(2)14-6-9-26(43)37-23-8-5-7-20(15-23)18-42-30-21(17-36-31(39-30)38-22-10-12-35-13-11-22)19-41(32(42)44)29-27(33)24(45-3)16-25(46-4)28(29)34/h5-13,15-17H,14,18-19H2,1-4H3,(H,37,43)(H,35,36,38,39)/b9-6+. The number of urea groups is 1. The molecular formula is C32H32Cl2N8O4. The zero-order valence-corrected chi connectivity index (χ0v) is 27.1. The smallest absolute Gasteiger partial charge is 0.330 e. The molecule has 2 aromatic carbocycles. The van der Waals surface area contributed by atoms with Crippen LogP contribution in [0.4, 0.5) is 33.6 Å². The molecule has 0 fully saturated rings. The van der Waals surface area contributed by atoms with E-state index >= 15 is 0 Å². The first-order chi connectivity index (χ1) is 22.2. The average molecular weight is 664 g/mol. The predicted molar refractivity (Wildman–Crippen MR) is 180 cm³/mol. The Morgan fingerprint density at radius 1 is 1.04 bits per heavy atom. The molecule has 14 heteroatoms. The maximum Gasteiger partial charge on any atom is 0.330 e. The van der Waals surface area contributed by atoms with Crippen molar-refractivity contribution in [2.45, 2.75) is 13.1 Å². The van der Waals surface area contributed by atoms with Gasteiger partial charge in [-0.3, -0.25) is 19.6 Å². The highest BCUT2D eigenvalue weighted by Crippen LogP contribution is 2.48. The fraction of sp³-hybridized carbons (Fsp3) is 0.219. The molecule has 0 unspecified atom stereocenters. The molecule has 0 atom stereocenters. The van der Waals surface area contributed by atoms with E-state index in [0.29, 0.717) is 41.1 Å². The van der Waals surface area contributed by atoms with E-state index in [0.717, 1.165) is 11.3 Å². The van der Waals surface area contributed by atoms with Crippen LogP contribution in [-0.2, 0) is 17.9 Å². The van der Waals surface area contributed by atoms with Crippen molar-refractivity contribution in [2.75, 3.05) is 55.3 Å². The fourth-order valence-corrected chi connectivity index (χ4v) is 5.46. The average Bonchev–Trinajstić information content (AvgIpc) is 3.04. The second-order valence-electron chi connectivity index (χ2n) is 10.5. The number of carbonyl (C=O) groups excluding carboxylic acids is 2. The number of anilines is 5. The van der Waals surface area contributed by atoms with Crippen LogP contribution in [0.5, 0.6) is 11.5 Å². The van der Waals surface area contributed by atoms with Gasteiger partial charge in [-0.15, -0.1) is 0 Å². The van der Waals surface area contributed by atoms with Crippen LogP contribution in [0.1, 0.15) is 11.1 Å². The summed E-state index contributed by atoms with van der Waals surface area (Å²) in [5, 5.41) is 6.32. The number of hydrogen-bond donors (Lipinski definition) is 2. The van der Waals surface area contributed by atoms with Crippen molar-refractivity contribution >= 4 is 64.0 Å². The first kappa shape index (κ1) is 32.5. The molecule has 0 bridgehead atoms. The molecule has 46 heavy (non-hydrogen) atoms. The maximum absolute atomic E-state index is 14.4. The number of carbonyl (C=O) groups is 2. The Morgan fingerprint density at radius 3 is 2.43 bits per heavy atom. The molecule has 4 aromatic rings. The van der Waals surface area contributed by atoms with Gasteiger partial charge >= 0.3 is 6.03 Å². The summed E-state index contributed by atoms with van der Waals surface area (Å²) in [4.78, 5) is 45.1. The van der Waals surface area contributed by atoms with Crippen LogP contribution in [0.15, 0.2) is 73.2 Å². The minimum absolute atomic E-state index is 0.0747. The van der Waals surface area contributed by atoms with Gasteiger partial charge in [-0.1, -0.05) is 41.4 Å². The Balaban J connectivity index is 1.53. The molecule has 2 N–H and O–H groups in total. The third-order valence-corrected chi connectivity index (χ3v) is 7.65. The van der Waals surface area contributed by atoms with Crippen LogP contribution in [0.25, 0.3) is 0 Å². The minimum atomic E-state index is -0.443. The second-order valence-corrected chi connectivity index (χ2v) is 11.2. The number of halogens is 2. The Hall–Kier alpha value is -4.91. The van der Waals surface area contributed by atoms with Gasteiger partial charge < -0.3 is 25.0 Å². The van der Waals surface area contributed by atoms with E-state index in [9.17, 15) is 9.59 Å². The summed E-state index contributed by atoms with van der Waals surface area (Å²) in [5.41, 5.74) is 2.91. The number of hydrogen-bond acceptors (Lipinski definition) is 9. The number of ether oxygens (including phenoxy) is 2. The first-order valence-corrected chi connectivity index (χ1v) is 14.9. The lowest BCUT2D eigenvalue weighted by Crippen LogP contribution is -2.48. The van der Waals surface area contributed by atoms with Crippen molar-refractivity contribution in [3.05, 3.63) is 94.4 Å². The Labute approximate surface area is 276 Å². The van der Waals surface area contributed by atoms with Gasteiger partial charge in [-0.25, -0.2) is 9.78 Å². The second kappa shape index (κ2) is 14.5. The summed E-state index contributed by atoms with van der Waals surface area (Å²) in [6, 6.07) is 11.9. The highest BCUT2D eigenvalue weighted by molar-refractivity contribution is 6.42. The van der Waals surface area contributed by atoms with Crippen molar-refractivity contribution in [3.63, 3.8) is 0 Å². The number of methoxy groups -OCH3 is 2. The number of benzene rings is 2. The van der Waals surface area contributed by atoms with Crippen molar-refractivity contribution in [1.82, 2.24) is 19.9 Å². The highest BCUT2D eigenvalue weighted by atomic mass is 35.5. The number of rotatable bonds is 11. The Kier molecular flexibility index (Phi) is 10.2. The number of aromatic nitrogens is 3. The normalized spacial score (nSPS) is 12.8. The van der Waals surface area contributed by atoms with Crippen LogP contribution in [0, 0.1) is 0 Å². The molecule has 5 rings (SSSR count). The van der Waals surface area contributed by atoms with Crippen LogP contribution in [0.2, 0.25) is 10.0 Å². The van der Waals surface area contributed by atoms with Gasteiger partial charge in [0.05, 0.1) is 33.0 Å². The lowest BCUT2D eigenvalue weighted by molar-refractivity contribution is -0.111. The summed E-state index contributed by atoms with van der Waals surface area (Å²) in [6.45, 7) is 0.809. The number of likely N-dealkylation sites (N-methyl/N-ethyl adjacent to an activating group) is 1. The molecule has 1 aliphatic heterocycles. The van der Waals surface area contributed by atoms with E-state index in [1.165, 1.54) is 30.1 Å². The summed E-state index contributed by atoms with van der Waals surface area (Å²) in [6.07, 6.45) is 8.20. The number of amides is 3. The van der Waals surface area contributed by atoms with E-state index in [4.69, 9.17) is 37.7 Å². The molecule has 0 radical (unpaired) electrons. The molecule has 0 saturated carbocycles. The van der Waals surface area contributed by atoms with Crippen molar-refractivity contribution < 1.29 is 19.1 Å². The van der Waals surface area contributed by atoms with Gasteiger partial charge in [0.25, 0.3) is 0 Å². The SMILES string of the molecule is COc1cc(OC)c(Cl)c(N2Cc3cnc(Nc4ccncc4)nc3N(Cc3cccc(NC(=O)/C=C/CN(C)C)c3)C2=O)c1Cl. The third-order valence-electron chi connectivity index (χ3n) is 6.92. The molecule has 3 heterocycles. The van der Waals surface area contributed by atoms with Crippen LogP contribution in [0.3, 0.4) is 0 Å². The summed E-state index contributed by atoms with van der Waals surface area (Å²) < 4.78 is 10.9. The van der Waals surface area contributed by atoms with Crippen LogP contribution < -0.4 is 29.9 Å². The molecule has 12 nitrogen and oxygen atoms in total. The van der Waals surface area contributed by atoms with E-state index in [-0.39, 0.29) is 34.7 Å². The van der Waals surface area contributed by atoms with Crippen molar-refractivity contribution in [3.8, 4) is 11.5 Å². The lowest BCUT2D eigenvalue weighted by atomic mass is 10.1. The maximum atomic E-state index is 14.4.